The number of carbonyl (C=O) groups excluding carboxylic acids is 3. The van der Waals surface area contributed by atoms with Gasteiger partial charge in [-0.15, -0.1) is 0 Å². The van der Waals surface area contributed by atoms with Crippen LogP contribution in [0.4, 0.5) is 0 Å². The molecule has 0 heterocycles. The maximum atomic E-state index is 12.7. The van der Waals surface area contributed by atoms with E-state index in [1.54, 1.807) is 0 Å². The number of allylic oxidation sites excluding steroid dienone is 14. The highest BCUT2D eigenvalue weighted by atomic mass is 16.7. The first kappa shape index (κ1) is 57.5. The van der Waals surface area contributed by atoms with E-state index in [1.807, 2.05) is 21.1 Å². The average Bonchev–Trinajstić information content (AvgIpc) is 3.22. The van der Waals surface area contributed by atoms with Gasteiger partial charge in [0.15, 0.2) is 12.4 Å². The number of unbranched alkanes of at least 4 members (excludes halogenated alkanes) is 13. The maximum Gasteiger partial charge on any atom is 0.306 e. The molecule has 0 bridgehead atoms. The largest absolute Gasteiger partial charge is 0.545 e. The molecule has 2 unspecified atom stereocenters. The molecule has 0 amide bonds. The number of carboxylic acids is 1. The van der Waals surface area contributed by atoms with Gasteiger partial charge in [-0.05, 0) is 70.6 Å². The number of hydrogen-bond acceptors (Lipinski definition) is 8. The molecule has 0 saturated heterocycles. The average molecular weight is 854 g/mol. The topological polar surface area (TPSA) is 111 Å². The minimum absolute atomic E-state index is 0.143. The van der Waals surface area contributed by atoms with Gasteiger partial charge in [-0.25, -0.2) is 0 Å². The number of nitrogens with zero attached hydrogens (tertiary/aromatic N) is 1. The zero-order valence-corrected chi connectivity index (χ0v) is 39.2. The summed E-state index contributed by atoms with van der Waals surface area (Å²) >= 11 is 0. The monoisotopic (exact) mass is 854 g/mol. The number of ether oxygens (including phenoxy) is 4. The summed E-state index contributed by atoms with van der Waals surface area (Å²) in [7, 11) is 5.89. The first-order chi connectivity index (χ1) is 29.6. The summed E-state index contributed by atoms with van der Waals surface area (Å²) in [6, 6.07) is 0. The van der Waals surface area contributed by atoms with Crippen molar-refractivity contribution in [3.05, 3.63) is 85.1 Å². The smallest absolute Gasteiger partial charge is 0.306 e. The highest BCUT2D eigenvalue weighted by Crippen LogP contribution is 2.13. The van der Waals surface area contributed by atoms with Crippen LogP contribution < -0.4 is 5.11 Å². The highest BCUT2D eigenvalue weighted by molar-refractivity contribution is 5.70. The molecular formula is C52H87NO8. The molecule has 9 nitrogen and oxygen atoms in total. The van der Waals surface area contributed by atoms with E-state index in [2.05, 4.69) is 98.9 Å². The first-order valence-corrected chi connectivity index (χ1v) is 23.7. The third kappa shape index (κ3) is 44.3. The molecule has 0 aliphatic carbocycles. The van der Waals surface area contributed by atoms with Gasteiger partial charge in [0.1, 0.15) is 13.2 Å². The van der Waals surface area contributed by atoms with Crippen molar-refractivity contribution in [2.75, 3.05) is 47.5 Å². The van der Waals surface area contributed by atoms with Gasteiger partial charge in [0, 0.05) is 12.8 Å². The van der Waals surface area contributed by atoms with Gasteiger partial charge in [-0.1, -0.05) is 170 Å². The second-order valence-electron chi connectivity index (χ2n) is 16.7. The molecule has 0 aliphatic heterocycles. The summed E-state index contributed by atoms with van der Waals surface area (Å²) in [4.78, 5) is 36.7. The number of likely N-dealkylation sites (N-methyl/N-ethyl adjacent to an activating group) is 1. The first-order valence-electron chi connectivity index (χ1n) is 23.7. The fourth-order valence-corrected chi connectivity index (χ4v) is 5.98. The van der Waals surface area contributed by atoms with Gasteiger partial charge >= 0.3 is 11.9 Å². The number of esters is 2. The molecule has 0 N–H and O–H groups in total. The summed E-state index contributed by atoms with van der Waals surface area (Å²) in [5.41, 5.74) is 0. The van der Waals surface area contributed by atoms with E-state index in [9.17, 15) is 19.5 Å². The molecule has 0 saturated carbocycles. The van der Waals surface area contributed by atoms with Crippen molar-refractivity contribution < 1.29 is 42.9 Å². The van der Waals surface area contributed by atoms with Crippen LogP contribution in [0.15, 0.2) is 85.1 Å². The van der Waals surface area contributed by atoms with Crippen molar-refractivity contribution in [3.8, 4) is 0 Å². The Morgan fingerprint density at radius 1 is 0.508 bits per heavy atom. The predicted octanol–water partition coefficient (Wildman–Crippen LogP) is 11.6. The van der Waals surface area contributed by atoms with E-state index in [0.29, 0.717) is 17.4 Å². The van der Waals surface area contributed by atoms with Crippen molar-refractivity contribution in [1.29, 1.82) is 0 Å². The quantitative estimate of drug-likeness (QED) is 0.0196. The molecule has 0 aromatic heterocycles. The van der Waals surface area contributed by atoms with E-state index >= 15 is 0 Å². The summed E-state index contributed by atoms with van der Waals surface area (Å²) in [6.07, 6.45) is 52.4. The molecule has 0 aliphatic rings. The fraction of sp³-hybridized carbons (Fsp3) is 0.673. The normalized spacial score (nSPS) is 13.7. The second-order valence-corrected chi connectivity index (χ2v) is 16.7. The Kier molecular flexibility index (Phi) is 40.6. The summed E-state index contributed by atoms with van der Waals surface area (Å²) in [5, 5.41) is 11.6. The Morgan fingerprint density at radius 3 is 1.39 bits per heavy atom. The zero-order valence-electron chi connectivity index (χ0n) is 39.2. The van der Waals surface area contributed by atoms with Gasteiger partial charge in [0.2, 0.25) is 0 Å². The van der Waals surface area contributed by atoms with Gasteiger partial charge in [-0.2, -0.15) is 0 Å². The molecule has 2 atom stereocenters. The van der Waals surface area contributed by atoms with E-state index in [4.69, 9.17) is 18.9 Å². The minimum Gasteiger partial charge on any atom is -0.545 e. The molecule has 0 spiro atoms. The summed E-state index contributed by atoms with van der Waals surface area (Å²) in [6.45, 7) is 4.50. The number of quaternary nitrogens is 1. The van der Waals surface area contributed by atoms with Crippen molar-refractivity contribution in [2.24, 2.45) is 0 Å². The van der Waals surface area contributed by atoms with E-state index < -0.39 is 24.3 Å². The van der Waals surface area contributed by atoms with E-state index in [-0.39, 0.29) is 38.6 Å². The number of hydrogen-bond donors (Lipinski definition) is 0. The van der Waals surface area contributed by atoms with Gasteiger partial charge in [-0.3, -0.25) is 9.59 Å². The van der Waals surface area contributed by atoms with E-state index in [1.165, 1.54) is 32.1 Å². The van der Waals surface area contributed by atoms with Crippen LogP contribution >= 0.6 is 0 Å². The minimum atomic E-state index is -1.62. The van der Waals surface area contributed by atoms with Crippen LogP contribution in [0.3, 0.4) is 0 Å². The Labute approximate surface area is 372 Å². The third-order valence-electron chi connectivity index (χ3n) is 9.66. The molecule has 0 radical (unpaired) electrons. The van der Waals surface area contributed by atoms with Crippen molar-refractivity contribution in [2.45, 2.75) is 180 Å². The standard InChI is InChI=1S/C52H87NO8/c1-6-8-10-12-13-14-15-16-17-18-19-20-21-22-23-24-25-26-27-28-29-30-31-32-33-34-35-36-37-39-41-43-50(55)61-48(46-59-49(54)42-40-38-11-9-7-2)47-60-52(51(56)57)58-45-44-53(3,4)5/h8,10,13-14,16-17,19-20,22-23,25-26,28-29,48,52H,6-7,9,11-12,15,18,21,24,27,30-47H2,1-5H3/b10-8-,14-13-,17-16-,20-19-,23-22-,26-25-,29-28-. The summed E-state index contributed by atoms with van der Waals surface area (Å²) in [5.74, 6) is -2.32. The molecular weight excluding hydrogens is 767 g/mol. The van der Waals surface area contributed by atoms with Gasteiger partial charge in [0.25, 0.3) is 0 Å². The number of aliphatic carboxylic acids is 1. The van der Waals surface area contributed by atoms with Crippen LogP contribution in [-0.2, 0) is 33.3 Å². The number of carboxylic acid groups (broad SMARTS) is 1. The maximum absolute atomic E-state index is 12.7. The van der Waals surface area contributed by atoms with Crippen LogP contribution in [0, 0.1) is 0 Å². The van der Waals surface area contributed by atoms with Crippen LogP contribution in [-0.4, -0.2) is 82.3 Å². The lowest BCUT2D eigenvalue weighted by molar-refractivity contribution is -0.870. The Balaban J connectivity index is 4.12. The lowest BCUT2D eigenvalue weighted by Crippen LogP contribution is -2.44. The lowest BCUT2D eigenvalue weighted by atomic mass is 10.1. The fourth-order valence-electron chi connectivity index (χ4n) is 5.98. The molecule has 9 heteroatoms. The zero-order chi connectivity index (χ0) is 44.9. The Morgan fingerprint density at radius 2 is 0.934 bits per heavy atom. The van der Waals surface area contributed by atoms with Crippen molar-refractivity contribution in [1.82, 2.24) is 0 Å². The summed E-state index contributed by atoms with van der Waals surface area (Å²) < 4.78 is 22.4. The molecule has 348 valence electrons. The SMILES string of the molecule is CC/C=C\C/C=C\C/C=C\C/C=C\C/C=C\C/C=C\C/C=C\CCCCCCCCCCCC(=O)OC(COC(=O)CCCCCCC)COC(OCC[N+](C)(C)C)C(=O)[O-]. The Hall–Kier alpha value is -3.53. The second kappa shape index (κ2) is 43.1. The highest BCUT2D eigenvalue weighted by Gasteiger charge is 2.21. The lowest BCUT2D eigenvalue weighted by Gasteiger charge is -2.26. The van der Waals surface area contributed by atoms with Crippen molar-refractivity contribution in [3.63, 3.8) is 0 Å². The van der Waals surface area contributed by atoms with Crippen LogP contribution in [0.5, 0.6) is 0 Å². The molecule has 0 fully saturated rings. The van der Waals surface area contributed by atoms with E-state index in [0.717, 1.165) is 103 Å². The molecule has 0 rings (SSSR count). The number of carbonyl (C=O) groups is 3. The van der Waals surface area contributed by atoms with Gasteiger partial charge in [0.05, 0.1) is 40.3 Å². The third-order valence-corrected chi connectivity index (χ3v) is 9.66. The molecule has 0 aromatic rings. The van der Waals surface area contributed by atoms with Crippen LogP contribution in [0.25, 0.3) is 0 Å². The van der Waals surface area contributed by atoms with Crippen LogP contribution in [0.1, 0.15) is 168 Å². The molecule has 0 aromatic carbocycles. The van der Waals surface area contributed by atoms with Crippen LogP contribution in [0.2, 0.25) is 0 Å². The predicted molar refractivity (Wildman–Crippen MR) is 251 cm³/mol. The molecule has 61 heavy (non-hydrogen) atoms. The Bertz CT molecular complexity index is 1270. The van der Waals surface area contributed by atoms with Gasteiger partial charge < -0.3 is 33.3 Å². The van der Waals surface area contributed by atoms with Crippen molar-refractivity contribution >= 4 is 17.9 Å². The number of rotatable bonds is 42.